The van der Waals surface area contributed by atoms with Gasteiger partial charge in [0.2, 0.25) is 5.91 Å². The molecule has 4 heteroatoms. The van der Waals surface area contributed by atoms with Crippen molar-refractivity contribution in [2.75, 3.05) is 5.75 Å². The van der Waals surface area contributed by atoms with Crippen molar-refractivity contribution >= 4 is 33.6 Å². The summed E-state index contributed by atoms with van der Waals surface area (Å²) >= 11 is 5.11. The number of halogens is 1. The Bertz CT molecular complexity index is 427. The molecular weight excluding hydrogens is 334 g/mol. The Labute approximate surface area is 134 Å². The lowest BCUT2D eigenvalue weighted by molar-refractivity contribution is -0.119. The Morgan fingerprint density at radius 1 is 1.25 bits per heavy atom. The minimum absolute atomic E-state index is 0.187. The van der Waals surface area contributed by atoms with Crippen molar-refractivity contribution < 1.29 is 4.79 Å². The van der Waals surface area contributed by atoms with E-state index in [1.165, 1.54) is 18.4 Å². The average Bonchev–Trinajstić information content (AvgIpc) is 2.44. The largest absolute Gasteiger partial charge is 0.353 e. The second-order valence-electron chi connectivity index (χ2n) is 5.64. The van der Waals surface area contributed by atoms with Gasteiger partial charge in [0.25, 0.3) is 0 Å². The molecule has 0 aromatic heterocycles. The third-order valence-corrected chi connectivity index (χ3v) is 5.33. The molecule has 1 aromatic carbocycles. The van der Waals surface area contributed by atoms with Gasteiger partial charge in [-0.1, -0.05) is 35.0 Å². The van der Waals surface area contributed by atoms with Crippen molar-refractivity contribution in [2.45, 2.75) is 44.4 Å². The maximum Gasteiger partial charge on any atom is 0.230 e. The van der Waals surface area contributed by atoms with Gasteiger partial charge in [0.1, 0.15) is 0 Å². The van der Waals surface area contributed by atoms with Gasteiger partial charge in [-0.25, -0.2) is 0 Å². The van der Waals surface area contributed by atoms with Crippen LogP contribution in [0.1, 0.15) is 38.2 Å². The SMILES string of the molecule is CC1CCC(NC(=O)CSCc2ccc(Br)cc2)CC1. The number of benzene rings is 1. The van der Waals surface area contributed by atoms with Crippen LogP contribution in [0.5, 0.6) is 0 Å². The van der Waals surface area contributed by atoms with E-state index in [0.717, 1.165) is 29.0 Å². The summed E-state index contributed by atoms with van der Waals surface area (Å²) in [4.78, 5) is 11.9. The Balaban J connectivity index is 1.64. The first-order valence-corrected chi connectivity index (χ1v) is 9.20. The molecule has 0 radical (unpaired) electrons. The highest BCUT2D eigenvalue weighted by molar-refractivity contribution is 9.10. The topological polar surface area (TPSA) is 29.1 Å². The Morgan fingerprint density at radius 2 is 1.90 bits per heavy atom. The van der Waals surface area contributed by atoms with Gasteiger partial charge >= 0.3 is 0 Å². The van der Waals surface area contributed by atoms with E-state index in [1.54, 1.807) is 11.8 Å². The van der Waals surface area contributed by atoms with Crippen LogP contribution in [0.4, 0.5) is 0 Å². The fourth-order valence-corrected chi connectivity index (χ4v) is 3.58. The molecule has 1 aliphatic carbocycles. The lowest BCUT2D eigenvalue weighted by Crippen LogP contribution is -2.38. The quantitative estimate of drug-likeness (QED) is 0.848. The maximum atomic E-state index is 11.9. The van der Waals surface area contributed by atoms with Crippen LogP contribution in [0, 0.1) is 5.92 Å². The molecule has 110 valence electrons. The predicted molar refractivity (Wildman–Crippen MR) is 89.9 cm³/mol. The van der Waals surface area contributed by atoms with Crippen LogP contribution in [0.2, 0.25) is 0 Å². The normalized spacial score (nSPS) is 22.5. The molecule has 1 fully saturated rings. The Morgan fingerprint density at radius 3 is 2.55 bits per heavy atom. The minimum Gasteiger partial charge on any atom is -0.353 e. The van der Waals surface area contributed by atoms with Gasteiger partial charge in [0.05, 0.1) is 5.75 Å². The van der Waals surface area contributed by atoms with Gasteiger partial charge in [-0.3, -0.25) is 4.79 Å². The summed E-state index contributed by atoms with van der Waals surface area (Å²) in [5, 5.41) is 3.17. The van der Waals surface area contributed by atoms with Crippen LogP contribution in [-0.2, 0) is 10.5 Å². The summed E-state index contributed by atoms with van der Waals surface area (Å²) < 4.78 is 1.09. The number of amides is 1. The smallest absolute Gasteiger partial charge is 0.230 e. The summed E-state index contributed by atoms with van der Waals surface area (Å²) in [5.74, 6) is 2.46. The summed E-state index contributed by atoms with van der Waals surface area (Å²) in [6, 6.07) is 8.68. The van der Waals surface area contributed by atoms with Crippen LogP contribution in [0.25, 0.3) is 0 Å². The molecule has 0 saturated heterocycles. The first-order valence-electron chi connectivity index (χ1n) is 7.25. The van der Waals surface area contributed by atoms with Crippen molar-refractivity contribution in [3.05, 3.63) is 34.3 Å². The zero-order valence-corrected chi connectivity index (χ0v) is 14.3. The van der Waals surface area contributed by atoms with Gasteiger partial charge in [0.15, 0.2) is 0 Å². The van der Waals surface area contributed by atoms with E-state index in [-0.39, 0.29) is 5.91 Å². The van der Waals surface area contributed by atoms with Crippen LogP contribution in [-0.4, -0.2) is 17.7 Å². The van der Waals surface area contributed by atoms with Crippen molar-refractivity contribution in [2.24, 2.45) is 5.92 Å². The molecule has 0 bridgehead atoms. The molecule has 1 amide bonds. The van der Waals surface area contributed by atoms with E-state index in [1.807, 2.05) is 12.1 Å². The van der Waals surface area contributed by atoms with E-state index in [4.69, 9.17) is 0 Å². The van der Waals surface area contributed by atoms with Crippen LogP contribution in [0.3, 0.4) is 0 Å². The number of nitrogens with one attached hydrogen (secondary N) is 1. The first-order chi connectivity index (χ1) is 9.63. The highest BCUT2D eigenvalue weighted by Gasteiger charge is 2.19. The number of rotatable bonds is 5. The molecule has 0 spiro atoms. The zero-order chi connectivity index (χ0) is 14.4. The standard InChI is InChI=1S/C16H22BrNOS/c1-12-2-8-15(9-3-12)18-16(19)11-20-10-13-4-6-14(17)7-5-13/h4-7,12,15H,2-3,8-11H2,1H3,(H,18,19). The lowest BCUT2D eigenvalue weighted by atomic mass is 9.87. The molecule has 1 aliphatic rings. The van der Waals surface area contributed by atoms with Crippen LogP contribution >= 0.6 is 27.7 Å². The van der Waals surface area contributed by atoms with Gasteiger partial charge < -0.3 is 5.32 Å². The van der Waals surface area contributed by atoms with Crippen molar-refractivity contribution in [1.29, 1.82) is 0 Å². The average molecular weight is 356 g/mol. The van der Waals surface area contributed by atoms with E-state index in [9.17, 15) is 4.79 Å². The van der Waals surface area contributed by atoms with Gasteiger partial charge in [-0.15, -0.1) is 11.8 Å². The molecule has 0 aliphatic heterocycles. The van der Waals surface area contributed by atoms with E-state index >= 15 is 0 Å². The number of hydrogen-bond acceptors (Lipinski definition) is 2. The molecule has 1 N–H and O–H groups in total. The summed E-state index contributed by atoms with van der Waals surface area (Å²) in [7, 11) is 0. The van der Waals surface area contributed by atoms with Gasteiger partial charge in [-0.2, -0.15) is 0 Å². The monoisotopic (exact) mass is 355 g/mol. The molecule has 0 atom stereocenters. The fourth-order valence-electron chi connectivity index (χ4n) is 2.52. The number of carbonyl (C=O) groups excluding carboxylic acids is 1. The van der Waals surface area contributed by atoms with Crippen LogP contribution < -0.4 is 5.32 Å². The number of thioether (sulfide) groups is 1. The highest BCUT2D eigenvalue weighted by atomic mass is 79.9. The Kier molecular flexibility index (Phi) is 6.43. The third-order valence-electron chi connectivity index (χ3n) is 3.80. The van der Waals surface area contributed by atoms with E-state index in [2.05, 4.69) is 40.3 Å². The third kappa shape index (κ3) is 5.49. The van der Waals surface area contributed by atoms with E-state index in [0.29, 0.717) is 11.8 Å². The molecule has 0 unspecified atom stereocenters. The second kappa shape index (κ2) is 8.08. The highest BCUT2D eigenvalue weighted by Crippen LogP contribution is 2.23. The predicted octanol–water partition coefficient (Wildman–Crippen LogP) is 4.38. The van der Waals surface area contributed by atoms with Crippen molar-refractivity contribution in [1.82, 2.24) is 5.32 Å². The number of hydrogen-bond donors (Lipinski definition) is 1. The molecule has 2 rings (SSSR count). The molecule has 20 heavy (non-hydrogen) atoms. The minimum atomic E-state index is 0.187. The van der Waals surface area contributed by atoms with Crippen LogP contribution in [0.15, 0.2) is 28.7 Å². The first kappa shape index (κ1) is 15.9. The summed E-state index contributed by atoms with van der Waals surface area (Å²) in [6.45, 7) is 2.30. The zero-order valence-electron chi connectivity index (χ0n) is 11.9. The molecule has 1 saturated carbocycles. The Hall–Kier alpha value is -0.480. The fraction of sp³-hybridized carbons (Fsp3) is 0.562. The summed E-state index contributed by atoms with van der Waals surface area (Å²) in [6.07, 6.45) is 4.78. The van der Waals surface area contributed by atoms with Crippen molar-refractivity contribution in [3.63, 3.8) is 0 Å². The lowest BCUT2D eigenvalue weighted by Gasteiger charge is -2.26. The molecule has 0 heterocycles. The second-order valence-corrected chi connectivity index (χ2v) is 7.54. The van der Waals surface area contributed by atoms with E-state index < -0.39 is 0 Å². The molecule has 1 aromatic rings. The number of carbonyl (C=O) groups is 1. The maximum absolute atomic E-state index is 11.9. The van der Waals surface area contributed by atoms with Gasteiger partial charge in [0, 0.05) is 16.3 Å². The molecule has 2 nitrogen and oxygen atoms in total. The summed E-state index contributed by atoms with van der Waals surface area (Å²) in [5.41, 5.74) is 1.26. The van der Waals surface area contributed by atoms with Gasteiger partial charge in [-0.05, 0) is 49.3 Å². The van der Waals surface area contributed by atoms with Crippen molar-refractivity contribution in [3.8, 4) is 0 Å². The molecular formula is C16H22BrNOS.